The first-order chi connectivity index (χ1) is 9.85. The number of hydrogen-bond donors (Lipinski definition) is 4. The molecule has 7 nitrogen and oxygen atoms in total. The fourth-order valence-corrected chi connectivity index (χ4v) is 2.03. The van der Waals surface area contributed by atoms with Crippen molar-refractivity contribution in [1.82, 2.24) is 15.8 Å². The van der Waals surface area contributed by atoms with Gasteiger partial charge in [0.1, 0.15) is 5.54 Å². The Labute approximate surface area is 127 Å². The Bertz CT molecular complexity index is 551. The van der Waals surface area contributed by atoms with Crippen LogP contribution in [0.2, 0.25) is 5.02 Å². The van der Waals surface area contributed by atoms with E-state index in [9.17, 15) is 14.7 Å². The van der Waals surface area contributed by atoms with Gasteiger partial charge in [0.05, 0.1) is 0 Å². The van der Waals surface area contributed by atoms with Crippen LogP contribution in [0.3, 0.4) is 0 Å². The molecule has 1 heterocycles. The lowest BCUT2D eigenvalue weighted by Crippen LogP contribution is -2.52. The average molecular weight is 313 g/mol. The minimum absolute atomic E-state index is 0.438. The Kier molecular flexibility index (Phi) is 4.36. The maximum absolute atomic E-state index is 12.1. The third kappa shape index (κ3) is 3.26. The van der Waals surface area contributed by atoms with Gasteiger partial charge in [0.25, 0.3) is 5.91 Å². The van der Waals surface area contributed by atoms with Gasteiger partial charge in [0, 0.05) is 10.7 Å². The monoisotopic (exact) mass is 312 g/mol. The number of nitrogens with zero attached hydrogens (tertiary/aromatic N) is 1. The van der Waals surface area contributed by atoms with Gasteiger partial charge in [-0.1, -0.05) is 18.5 Å². The fourth-order valence-electron chi connectivity index (χ4n) is 1.90. The van der Waals surface area contributed by atoms with Gasteiger partial charge in [-0.25, -0.2) is 4.79 Å². The predicted molar refractivity (Wildman–Crippen MR) is 78.3 cm³/mol. The van der Waals surface area contributed by atoms with Crippen LogP contribution in [-0.4, -0.2) is 33.9 Å². The smallest absolute Gasteiger partial charge is 0.339 e. The van der Waals surface area contributed by atoms with Crippen LogP contribution in [-0.2, 0) is 4.79 Å². The van der Waals surface area contributed by atoms with Crippen LogP contribution < -0.4 is 16.1 Å². The molecule has 0 saturated carbocycles. The number of nitrogens with one attached hydrogen (secondary N) is 3. The zero-order valence-corrected chi connectivity index (χ0v) is 12.4. The number of benzene rings is 1. The molecule has 4 N–H and O–H groups in total. The van der Waals surface area contributed by atoms with Gasteiger partial charge in [-0.3, -0.25) is 4.79 Å². The van der Waals surface area contributed by atoms with Crippen molar-refractivity contribution in [2.24, 2.45) is 0 Å². The lowest BCUT2D eigenvalue weighted by Gasteiger charge is -2.22. The van der Waals surface area contributed by atoms with E-state index < -0.39 is 23.8 Å². The van der Waals surface area contributed by atoms with Crippen LogP contribution in [0.1, 0.15) is 20.3 Å². The lowest BCUT2D eigenvalue weighted by atomic mass is 10.00. The number of hydrogen-bond acceptors (Lipinski definition) is 5. The molecule has 2 rings (SSSR count). The maximum Gasteiger partial charge on any atom is 0.339 e. The molecule has 3 amide bonds. The van der Waals surface area contributed by atoms with Crippen molar-refractivity contribution < 1.29 is 14.7 Å². The second-order valence-corrected chi connectivity index (χ2v) is 5.38. The van der Waals surface area contributed by atoms with Crippen LogP contribution in [0.15, 0.2) is 24.3 Å². The third-order valence-corrected chi connectivity index (χ3v) is 3.62. The molecule has 1 aromatic rings. The molecule has 1 aliphatic heterocycles. The van der Waals surface area contributed by atoms with Crippen LogP contribution in [0.4, 0.5) is 10.5 Å². The third-order valence-electron chi connectivity index (χ3n) is 3.37. The summed E-state index contributed by atoms with van der Waals surface area (Å²) in [6.45, 7) is 3.43. The summed E-state index contributed by atoms with van der Waals surface area (Å²) >= 11 is 5.76. The normalized spacial score (nSPS) is 23.1. The lowest BCUT2D eigenvalue weighted by molar-refractivity contribution is -0.135. The Morgan fingerprint density at radius 3 is 2.52 bits per heavy atom. The summed E-state index contributed by atoms with van der Waals surface area (Å²) in [6.07, 6.45) is -0.851. The topological polar surface area (TPSA) is 93.7 Å². The number of anilines is 1. The number of imide groups is 1. The Balaban J connectivity index is 1.99. The number of rotatable bonds is 5. The first-order valence-corrected chi connectivity index (χ1v) is 6.86. The van der Waals surface area contributed by atoms with E-state index >= 15 is 0 Å². The largest absolute Gasteiger partial charge is 0.360 e. The van der Waals surface area contributed by atoms with E-state index in [-0.39, 0.29) is 0 Å². The highest BCUT2D eigenvalue weighted by molar-refractivity contribution is 6.30. The number of aliphatic hydroxyl groups excluding tert-OH is 1. The number of urea groups is 1. The standard InChI is InChI=1S/C13H17ClN4O3/c1-3-13(2)10(19)18(12(21)16-13)17-11(20)15-9-6-4-8(14)5-7-9/h4-7,11,15,17,20H,3H2,1-2H3,(H,16,21). The van der Waals surface area contributed by atoms with Crippen LogP contribution in [0.25, 0.3) is 0 Å². The highest BCUT2D eigenvalue weighted by Crippen LogP contribution is 2.19. The number of hydrazine groups is 1. The Morgan fingerprint density at radius 2 is 2.00 bits per heavy atom. The second kappa shape index (κ2) is 5.88. The number of amides is 3. The molecule has 0 aliphatic carbocycles. The van der Waals surface area contributed by atoms with Crippen LogP contribution in [0, 0.1) is 0 Å². The van der Waals surface area contributed by atoms with E-state index in [1.807, 2.05) is 0 Å². The van der Waals surface area contributed by atoms with E-state index in [4.69, 9.17) is 11.6 Å². The first kappa shape index (κ1) is 15.6. The molecule has 0 bridgehead atoms. The minimum Gasteiger partial charge on any atom is -0.360 e. The molecule has 21 heavy (non-hydrogen) atoms. The molecule has 1 aliphatic rings. The highest BCUT2D eigenvalue weighted by atomic mass is 35.5. The fraction of sp³-hybridized carbons (Fsp3) is 0.385. The van der Waals surface area contributed by atoms with E-state index in [1.54, 1.807) is 38.1 Å². The molecule has 2 atom stereocenters. The van der Waals surface area contributed by atoms with Crippen molar-refractivity contribution in [2.45, 2.75) is 32.2 Å². The van der Waals surface area contributed by atoms with Crippen molar-refractivity contribution >= 4 is 29.2 Å². The number of aliphatic hydroxyl groups is 1. The molecule has 1 aromatic carbocycles. The van der Waals surface area contributed by atoms with E-state index in [1.165, 1.54) is 0 Å². The van der Waals surface area contributed by atoms with Crippen molar-refractivity contribution in [3.63, 3.8) is 0 Å². The quantitative estimate of drug-likeness (QED) is 0.485. The van der Waals surface area contributed by atoms with Gasteiger partial charge < -0.3 is 15.7 Å². The number of carbonyl (C=O) groups is 2. The molecule has 2 unspecified atom stereocenters. The van der Waals surface area contributed by atoms with Crippen molar-refractivity contribution in [3.8, 4) is 0 Å². The Hall–Kier alpha value is -1.83. The summed E-state index contributed by atoms with van der Waals surface area (Å²) in [4.78, 5) is 23.9. The Morgan fingerprint density at radius 1 is 1.38 bits per heavy atom. The number of carbonyl (C=O) groups excluding carboxylic acids is 2. The van der Waals surface area contributed by atoms with Gasteiger partial charge in [-0.05, 0) is 37.6 Å². The summed E-state index contributed by atoms with van der Waals surface area (Å²) in [5, 5.41) is 16.5. The highest BCUT2D eigenvalue weighted by Gasteiger charge is 2.47. The predicted octanol–water partition coefficient (Wildman–Crippen LogP) is 1.25. The zero-order valence-electron chi connectivity index (χ0n) is 11.7. The molecule has 0 spiro atoms. The van der Waals surface area contributed by atoms with E-state index in [2.05, 4.69) is 16.1 Å². The van der Waals surface area contributed by atoms with Crippen molar-refractivity contribution in [1.29, 1.82) is 0 Å². The molecule has 114 valence electrons. The van der Waals surface area contributed by atoms with E-state index in [0.29, 0.717) is 17.1 Å². The summed E-state index contributed by atoms with van der Waals surface area (Å²) in [6, 6.07) is 6.03. The summed E-state index contributed by atoms with van der Waals surface area (Å²) < 4.78 is 0. The molecule has 0 radical (unpaired) electrons. The summed E-state index contributed by atoms with van der Waals surface area (Å²) in [5.41, 5.74) is 2.05. The first-order valence-electron chi connectivity index (χ1n) is 6.49. The molecule has 1 fully saturated rings. The van der Waals surface area contributed by atoms with Crippen LogP contribution >= 0.6 is 11.6 Å². The van der Waals surface area contributed by atoms with Gasteiger partial charge in [-0.2, -0.15) is 10.4 Å². The van der Waals surface area contributed by atoms with Crippen molar-refractivity contribution in [2.75, 3.05) is 5.32 Å². The molecular formula is C13H17ClN4O3. The molecule has 1 saturated heterocycles. The summed E-state index contributed by atoms with van der Waals surface area (Å²) in [5.74, 6) is -0.438. The minimum atomic E-state index is -1.31. The second-order valence-electron chi connectivity index (χ2n) is 4.94. The van der Waals surface area contributed by atoms with Crippen molar-refractivity contribution in [3.05, 3.63) is 29.3 Å². The maximum atomic E-state index is 12.1. The zero-order chi connectivity index (χ0) is 15.6. The van der Waals surface area contributed by atoms with Gasteiger partial charge in [-0.15, -0.1) is 0 Å². The SMILES string of the molecule is CCC1(C)NC(=O)N(NC(O)Nc2ccc(Cl)cc2)C1=O. The molecule has 0 aromatic heterocycles. The number of halogens is 1. The average Bonchev–Trinajstić information content (AvgIpc) is 2.66. The van der Waals surface area contributed by atoms with Crippen LogP contribution in [0.5, 0.6) is 0 Å². The van der Waals surface area contributed by atoms with Gasteiger partial charge >= 0.3 is 6.03 Å². The summed E-state index contributed by atoms with van der Waals surface area (Å²) in [7, 11) is 0. The van der Waals surface area contributed by atoms with E-state index in [0.717, 1.165) is 5.01 Å². The van der Waals surface area contributed by atoms with Gasteiger partial charge in [0.15, 0.2) is 6.35 Å². The molecular weight excluding hydrogens is 296 g/mol. The molecule has 8 heteroatoms. The van der Waals surface area contributed by atoms with Gasteiger partial charge in [0.2, 0.25) is 0 Å².